The third-order valence-corrected chi connectivity index (χ3v) is 23.0. The van der Waals surface area contributed by atoms with Crippen molar-refractivity contribution in [2.24, 2.45) is 0 Å². The van der Waals surface area contributed by atoms with Crippen molar-refractivity contribution >= 4 is 78.1 Å². The van der Waals surface area contributed by atoms with Crippen molar-refractivity contribution in [2.45, 2.75) is 262 Å². The number of benzene rings is 11. The number of unbranched alkanes of at least 4 members (excludes halogenated alkanes) is 2. The van der Waals surface area contributed by atoms with Crippen LogP contribution in [0.25, 0.3) is 87.6 Å². The Balaban J connectivity index is 1.05. The molecule has 2 aliphatic heterocycles. The molecule has 0 unspecified atom stereocenters. The van der Waals surface area contributed by atoms with Crippen LogP contribution < -0.4 is 9.80 Å². The second-order valence-electron chi connectivity index (χ2n) is 39.5. The first-order valence-corrected chi connectivity index (χ1v) is 39.2. The van der Waals surface area contributed by atoms with Gasteiger partial charge in [0, 0.05) is 55.3 Å². The zero-order valence-electron chi connectivity index (χ0n) is 68.6. The summed E-state index contributed by atoms with van der Waals surface area (Å²) in [6.07, 6.45) is 5.61. The van der Waals surface area contributed by atoms with Crippen LogP contribution in [-0.2, 0) is 56.2 Å². The zero-order chi connectivity index (χ0) is 77.2. The van der Waals surface area contributed by atoms with Gasteiger partial charge in [0.2, 0.25) is 0 Å². The van der Waals surface area contributed by atoms with Crippen molar-refractivity contribution in [2.75, 3.05) is 9.80 Å². The number of fused-ring (bicyclic) bond motifs is 2. The molecule has 6 nitrogen and oxygen atoms in total. The lowest BCUT2D eigenvalue weighted by molar-refractivity contribution is 0.0878. The third kappa shape index (κ3) is 13.3. The highest BCUT2D eigenvalue weighted by Gasteiger charge is 2.43. The van der Waals surface area contributed by atoms with E-state index in [2.05, 4.69) is 277 Å². The molecule has 0 radical (unpaired) electrons. The summed E-state index contributed by atoms with van der Waals surface area (Å²) in [7, 11) is 0. The number of amides is 4. The van der Waals surface area contributed by atoms with Gasteiger partial charge in [-0.3, -0.25) is 19.2 Å². The van der Waals surface area contributed by atoms with Gasteiger partial charge in [0.1, 0.15) is 0 Å². The molecule has 2 aliphatic rings. The fourth-order valence-corrected chi connectivity index (χ4v) is 16.1. The molecule has 0 N–H and O–H groups in total. The first-order valence-electron chi connectivity index (χ1n) is 39.2. The summed E-state index contributed by atoms with van der Waals surface area (Å²) in [5.74, 6) is -1.56. The molecular weight excluding hydrogens is 1290 g/mol. The van der Waals surface area contributed by atoms with Crippen LogP contribution in [0.5, 0.6) is 0 Å². The van der Waals surface area contributed by atoms with Gasteiger partial charge in [-0.25, -0.2) is 9.80 Å². The van der Waals surface area contributed by atoms with Crippen LogP contribution in [-0.4, -0.2) is 23.6 Å². The van der Waals surface area contributed by atoms with E-state index in [4.69, 9.17) is 0 Å². The largest absolute Gasteiger partial charge is 0.268 e. The summed E-state index contributed by atoms with van der Waals surface area (Å²) < 4.78 is 0. The average Bonchev–Trinajstić information content (AvgIpc) is 0.686. The molecule has 11 aromatic rings. The molecule has 13 rings (SSSR count). The summed E-state index contributed by atoms with van der Waals surface area (Å²) in [5, 5.41) is 6.15. The molecule has 0 aliphatic carbocycles. The molecule has 106 heavy (non-hydrogen) atoms. The van der Waals surface area contributed by atoms with Crippen LogP contribution in [0, 0.1) is 0 Å². The Morgan fingerprint density at radius 1 is 0.236 bits per heavy atom. The Hall–Kier alpha value is -9.00. The van der Waals surface area contributed by atoms with Gasteiger partial charge in [-0.1, -0.05) is 290 Å². The minimum absolute atomic E-state index is 0.219. The average molecular weight is 1410 g/mol. The predicted molar refractivity (Wildman–Crippen MR) is 451 cm³/mol. The maximum atomic E-state index is 16.6. The summed E-state index contributed by atoms with van der Waals surface area (Å²) in [6.45, 7) is 58.6. The van der Waals surface area contributed by atoms with Gasteiger partial charge in [0.25, 0.3) is 23.6 Å². The number of aryl methyl sites for hydroxylation is 2. The molecule has 11 aromatic carbocycles. The van der Waals surface area contributed by atoms with Crippen LogP contribution >= 0.6 is 0 Å². The van der Waals surface area contributed by atoms with Crippen LogP contribution in [0.1, 0.15) is 303 Å². The molecule has 6 heteroatoms. The second-order valence-corrected chi connectivity index (χ2v) is 39.5. The van der Waals surface area contributed by atoms with E-state index in [0.29, 0.717) is 44.4 Å². The first kappa shape index (κ1) is 75.2. The van der Waals surface area contributed by atoms with E-state index in [-0.39, 0.29) is 66.9 Å². The van der Waals surface area contributed by atoms with Crippen LogP contribution in [0.2, 0.25) is 0 Å². The number of hydrogen-bond acceptors (Lipinski definition) is 4. The van der Waals surface area contributed by atoms with E-state index >= 15 is 19.2 Å². The van der Waals surface area contributed by atoms with E-state index < -0.39 is 0 Å². The Morgan fingerprint density at radius 2 is 0.425 bits per heavy atom. The van der Waals surface area contributed by atoms with Crippen molar-refractivity contribution in [1.29, 1.82) is 0 Å². The topological polar surface area (TPSA) is 74.8 Å². The SMILES string of the molecule is CCCCc1cc(-c2cc(C(C)(C)C)cc(C(C)(C)C)c2)c(N2C(=O)c3ccc4c5ccc6c7c(ccc(c8ccc(c3c48)C2=O)c75)C(=O)N(c2c(-c3cc(C(C)(C)C)cc(C(C)(C)C)c3)cc(CCCC)cc2-c2cc(C(C)(C)C)cc(C(C)(C)C)c2)C6=O)c(-c2cc(C(C)(C)C)cc(C(C)(C)C)c2)c1. The lowest BCUT2D eigenvalue weighted by Crippen LogP contribution is -2.41. The van der Waals surface area contributed by atoms with Crippen molar-refractivity contribution in [3.05, 3.63) is 223 Å². The normalized spacial score (nSPS) is 14.4. The zero-order valence-corrected chi connectivity index (χ0v) is 68.6. The van der Waals surface area contributed by atoms with E-state index in [1.807, 2.05) is 48.5 Å². The smallest absolute Gasteiger partial charge is 0.266 e. The molecule has 0 atom stereocenters. The van der Waals surface area contributed by atoms with Gasteiger partial charge in [0.15, 0.2) is 0 Å². The molecule has 548 valence electrons. The van der Waals surface area contributed by atoms with Crippen molar-refractivity contribution in [3.8, 4) is 44.5 Å². The van der Waals surface area contributed by atoms with Gasteiger partial charge in [-0.15, -0.1) is 0 Å². The van der Waals surface area contributed by atoms with E-state index in [1.54, 1.807) is 0 Å². The molecule has 0 saturated carbocycles. The van der Waals surface area contributed by atoms with E-state index in [0.717, 1.165) is 126 Å². The number of rotatable bonds is 12. The summed E-state index contributed by atoms with van der Waals surface area (Å²) in [5.41, 5.74) is 20.1. The summed E-state index contributed by atoms with van der Waals surface area (Å²) >= 11 is 0. The highest BCUT2D eigenvalue weighted by molar-refractivity contribution is 6.46. The van der Waals surface area contributed by atoms with E-state index in [1.165, 1.54) is 54.3 Å². The van der Waals surface area contributed by atoms with Gasteiger partial charge in [-0.05, 0) is 228 Å². The number of carbonyl (C=O) groups excluding carboxylic acids is 4. The summed E-state index contributed by atoms with van der Waals surface area (Å²) in [6, 6.07) is 52.6. The molecule has 0 aromatic heterocycles. The number of nitrogens with zero attached hydrogens (tertiary/aromatic N) is 2. The predicted octanol–water partition coefficient (Wildman–Crippen LogP) is 27.1. The lowest BCUT2D eigenvalue weighted by Gasteiger charge is -2.34. The lowest BCUT2D eigenvalue weighted by atomic mass is 9.77. The quantitative estimate of drug-likeness (QED) is 0.0694. The van der Waals surface area contributed by atoms with Crippen LogP contribution in [0.3, 0.4) is 0 Å². The minimum Gasteiger partial charge on any atom is -0.268 e. The molecule has 0 bridgehead atoms. The van der Waals surface area contributed by atoms with Crippen LogP contribution in [0.4, 0.5) is 11.4 Å². The maximum Gasteiger partial charge on any atom is 0.266 e. The number of carbonyl (C=O) groups is 4. The third-order valence-electron chi connectivity index (χ3n) is 23.0. The minimum atomic E-state index is -0.389. The van der Waals surface area contributed by atoms with Gasteiger partial charge in [-0.2, -0.15) is 0 Å². The molecule has 2 heterocycles. The maximum absolute atomic E-state index is 16.6. The highest BCUT2D eigenvalue weighted by Crippen LogP contribution is 2.54. The van der Waals surface area contributed by atoms with Gasteiger partial charge >= 0.3 is 0 Å². The van der Waals surface area contributed by atoms with Crippen molar-refractivity contribution in [3.63, 3.8) is 0 Å². The molecule has 0 fully saturated rings. The van der Waals surface area contributed by atoms with Crippen molar-refractivity contribution < 1.29 is 19.2 Å². The summed E-state index contributed by atoms with van der Waals surface area (Å²) in [4.78, 5) is 69.5. The van der Waals surface area contributed by atoms with E-state index in [9.17, 15) is 0 Å². The van der Waals surface area contributed by atoms with Gasteiger partial charge in [0.05, 0.1) is 11.4 Å². The first-order chi connectivity index (χ1) is 49.2. The van der Waals surface area contributed by atoms with Crippen molar-refractivity contribution in [1.82, 2.24) is 0 Å². The van der Waals surface area contributed by atoms with Crippen LogP contribution in [0.15, 0.2) is 146 Å². The molecule has 4 amide bonds. The Bertz CT molecular complexity index is 4690. The number of hydrogen-bond donors (Lipinski definition) is 0. The number of imide groups is 2. The molecular formula is C100H114N2O4. The Labute approximate surface area is 633 Å². The molecule has 0 spiro atoms. The fourth-order valence-electron chi connectivity index (χ4n) is 16.1. The second kappa shape index (κ2) is 25.9. The Kier molecular flexibility index (Phi) is 18.4. The number of anilines is 2. The molecule has 0 saturated heterocycles. The fraction of sp³-hybridized carbons (Fsp3) is 0.400. The van der Waals surface area contributed by atoms with Gasteiger partial charge < -0.3 is 0 Å². The highest BCUT2D eigenvalue weighted by atomic mass is 16.2. The standard InChI is InChI=1S/C100H114N2O4/c1-27-29-31-57-41-79(59-45-63(93(3,4)5)53-64(46-59)94(6,7)8)87(80(42-57)60-47-65(95(9,10)11)54-66(48-60)96(12,13)14)101-89(103)75-37-33-71-73-35-39-77-86-78(40-36-74(84(73)86)72-34-38-76(90(101)104)85(75)83(71)72)92(106)102(91(77)105)88-81(61-49-67(97(15,16)17)55-68(50-61)98(18,19)20)43-58(32-30-28-2)44-82(88)62-51-69(99(21,22)23)56-70(52-62)100(24,25)26/h33-56H,27-32H2,1-26H3. The monoisotopic (exact) mass is 1410 g/mol. The Morgan fingerprint density at radius 3 is 0.594 bits per heavy atom.